The molecule has 144 valence electrons. The van der Waals surface area contributed by atoms with Crippen molar-refractivity contribution in [2.75, 3.05) is 45.2 Å². The van der Waals surface area contributed by atoms with E-state index in [1.165, 1.54) is 7.11 Å². The van der Waals surface area contributed by atoms with Crippen LogP contribution in [0.3, 0.4) is 0 Å². The van der Waals surface area contributed by atoms with E-state index in [2.05, 4.69) is 27.9 Å². The van der Waals surface area contributed by atoms with Crippen LogP contribution in [0, 0.1) is 0 Å². The predicted molar refractivity (Wildman–Crippen MR) is 101 cm³/mol. The Kier molecular flexibility index (Phi) is 7.56. The Bertz CT molecular complexity index is 608. The van der Waals surface area contributed by atoms with E-state index in [4.69, 9.17) is 4.74 Å². The number of nitrogens with zero attached hydrogens (tertiary/aromatic N) is 2. The smallest absolute Gasteiger partial charge is 0.317 e. The number of hydrogen-bond donors (Lipinski definition) is 1. The van der Waals surface area contributed by atoms with Gasteiger partial charge in [-0.05, 0) is 31.9 Å². The van der Waals surface area contributed by atoms with Gasteiger partial charge in [0.2, 0.25) is 0 Å². The van der Waals surface area contributed by atoms with Crippen molar-refractivity contribution >= 4 is 17.7 Å². The number of methoxy groups -OCH3 is 1. The van der Waals surface area contributed by atoms with Gasteiger partial charge in [-0.2, -0.15) is 0 Å². The van der Waals surface area contributed by atoms with E-state index in [1.54, 1.807) is 11.9 Å². The summed E-state index contributed by atoms with van der Waals surface area (Å²) in [5.74, 6) is 0.644. The van der Waals surface area contributed by atoms with Crippen molar-refractivity contribution in [3.05, 3.63) is 24.3 Å². The summed E-state index contributed by atoms with van der Waals surface area (Å²) in [6, 6.07) is 7.85. The number of unbranched alkanes of at least 4 members (excludes halogenated alkanes) is 1. The largest absolute Gasteiger partial charge is 0.485 e. The molecule has 1 atom stereocenters. The number of hydrogen-bond acceptors (Lipinski definition) is 5. The van der Waals surface area contributed by atoms with Gasteiger partial charge in [0.15, 0.2) is 0 Å². The van der Waals surface area contributed by atoms with Crippen molar-refractivity contribution in [3.63, 3.8) is 0 Å². The molecule has 7 nitrogen and oxygen atoms in total. The number of nitrogens with one attached hydrogen (secondary N) is 1. The zero-order valence-electron chi connectivity index (χ0n) is 15.9. The van der Waals surface area contributed by atoms with E-state index in [0.29, 0.717) is 25.9 Å². The van der Waals surface area contributed by atoms with Crippen LogP contribution in [0.25, 0.3) is 0 Å². The van der Waals surface area contributed by atoms with Gasteiger partial charge in [0.05, 0.1) is 25.9 Å². The topological polar surface area (TPSA) is 71.1 Å². The Morgan fingerprint density at radius 1 is 1.35 bits per heavy atom. The summed E-state index contributed by atoms with van der Waals surface area (Å²) in [4.78, 5) is 27.2. The summed E-state index contributed by atoms with van der Waals surface area (Å²) in [6.45, 7) is 4.82. The molecule has 0 aromatic heterocycles. The Labute approximate surface area is 155 Å². The van der Waals surface area contributed by atoms with Gasteiger partial charge >= 0.3 is 12.0 Å². The number of fused-ring (bicyclic) bond motifs is 1. The molecule has 1 aromatic carbocycles. The number of likely N-dealkylation sites (N-methyl/N-ethyl adjacent to an activating group) is 2. The van der Waals surface area contributed by atoms with Crippen LogP contribution in [0.5, 0.6) is 5.75 Å². The molecule has 1 N–H and O–H groups in total. The van der Waals surface area contributed by atoms with Crippen LogP contribution in [-0.2, 0) is 9.53 Å². The van der Waals surface area contributed by atoms with Crippen LogP contribution in [-0.4, -0.2) is 63.3 Å². The maximum atomic E-state index is 12.2. The number of benzene rings is 1. The molecule has 0 bridgehead atoms. The van der Waals surface area contributed by atoms with Gasteiger partial charge in [0, 0.05) is 26.6 Å². The minimum absolute atomic E-state index is 0.0695. The third-order valence-corrected chi connectivity index (χ3v) is 4.44. The highest BCUT2D eigenvalue weighted by Crippen LogP contribution is 2.32. The lowest BCUT2D eigenvalue weighted by atomic mass is 10.2. The summed E-state index contributed by atoms with van der Waals surface area (Å²) in [5.41, 5.74) is 1.10. The van der Waals surface area contributed by atoms with Crippen LogP contribution >= 0.6 is 0 Å². The number of carbonyl (C=O) groups excluding carboxylic acids is 2. The summed E-state index contributed by atoms with van der Waals surface area (Å²) in [5, 5.41) is 2.87. The fourth-order valence-corrected chi connectivity index (χ4v) is 2.99. The Morgan fingerprint density at radius 3 is 2.85 bits per heavy atom. The fraction of sp³-hybridized carbons (Fsp3) is 0.579. The summed E-state index contributed by atoms with van der Waals surface area (Å²) in [6.07, 6.45) is 1.75. The average Bonchev–Trinajstić information content (AvgIpc) is 2.66. The molecule has 7 heteroatoms. The van der Waals surface area contributed by atoms with Crippen LogP contribution in [0.1, 0.15) is 26.2 Å². The van der Waals surface area contributed by atoms with Crippen LogP contribution in [0.2, 0.25) is 0 Å². The van der Waals surface area contributed by atoms with Gasteiger partial charge < -0.3 is 24.6 Å². The molecule has 0 fully saturated rings. The summed E-state index contributed by atoms with van der Waals surface area (Å²) >= 11 is 0. The highest BCUT2D eigenvalue weighted by Gasteiger charge is 2.26. The quantitative estimate of drug-likeness (QED) is 0.567. The van der Waals surface area contributed by atoms with Crippen molar-refractivity contribution in [3.8, 4) is 5.75 Å². The van der Waals surface area contributed by atoms with Crippen molar-refractivity contribution in [1.82, 2.24) is 10.2 Å². The Hall–Kier alpha value is -2.44. The minimum atomic E-state index is -0.219. The summed E-state index contributed by atoms with van der Waals surface area (Å²) < 4.78 is 10.6. The highest BCUT2D eigenvalue weighted by molar-refractivity contribution is 5.74. The number of carbonyl (C=O) groups is 2. The number of para-hydroxylation sites is 2. The molecule has 0 saturated heterocycles. The lowest BCUT2D eigenvalue weighted by molar-refractivity contribution is -0.140. The lowest BCUT2D eigenvalue weighted by Crippen LogP contribution is -2.49. The van der Waals surface area contributed by atoms with Gasteiger partial charge in [-0.15, -0.1) is 0 Å². The van der Waals surface area contributed by atoms with Crippen molar-refractivity contribution < 1.29 is 19.1 Å². The minimum Gasteiger partial charge on any atom is -0.485 e. The van der Waals surface area contributed by atoms with E-state index in [9.17, 15) is 9.59 Å². The zero-order valence-corrected chi connectivity index (χ0v) is 15.9. The van der Waals surface area contributed by atoms with E-state index in [0.717, 1.165) is 30.9 Å². The molecule has 1 aromatic rings. The number of ether oxygens (including phenoxy) is 2. The maximum absolute atomic E-state index is 12.2. The molecule has 0 spiro atoms. The monoisotopic (exact) mass is 363 g/mol. The molecule has 26 heavy (non-hydrogen) atoms. The molecule has 0 aliphatic carbocycles. The van der Waals surface area contributed by atoms with Crippen LogP contribution in [0.4, 0.5) is 10.5 Å². The van der Waals surface area contributed by atoms with Crippen molar-refractivity contribution in [2.24, 2.45) is 0 Å². The third kappa shape index (κ3) is 5.54. The normalized spacial score (nSPS) is 15.7. The van der Waals surface area contributed by atoms with Gasteiger partial charge in [0.1, 0.15) is 11.9 Å². The molecule has 1 unspecified atom stereocenters. The highest BCUT2D eigenvalue weighted by atomic mass is 16.5. The van der Waals surface area contributed by atoms with Crippen LogP contribution < -0.4 is 15.0 Å². The second-order valence-corrected chi connectivity index (χ2v) is 6.39. The number of anilines is 1. The number of urea groups is 1. The predicted octanol–water partition coefficient (Wildman–Crippen LogP) is 2.26. The van der Waals surface area contributed by atoms with Crippen molar-refractivity contribution in [1.29, 1.82) is 0 Å². The fourth-order valence-electron chi connectivity index (χ4n) is 2.99. The molecular formula is C19H29N3O4. The molecule has 1 aliphatic rings. The molecule has 0 radical (unpaired) electrons. The number of rotatable bonds is 8. The van der Waals surface area contributed by atoms with Crippen molar-refractivity contribution in [2.45, 2.75) is 32.3 Å². The van der Waals surface area contributed by atoms with Gasteiger partial charge in [-0.25, -0.2) is 4.79 Å². The SMILES string of the molecule is CCN1CC(CN(C)C(=O)NCCCCC(=O)OC)Oc2ccccc21. The first-order chi connectivity index (χ1) is 12.5. The standard InChI is InChI=1S/C19H29N3O4/c1-4-22-14-15(26-17-10-6-5-9-16(17)22)13-21(2)19(24)20-12-8-7-11-18(23)25-3/h5-6,9-10,15H,4,7-8,11-14H2,1-3H3,(H,20,24). The average molecular weight is 363 g/mol. The maximum Gasteiger partial charge on any atom is 0.317 e. The zero-order chi connectivity index (χ0) is 18.9. The lowest BCUT2D eigenvalue weighted by Gasteiger charge is -2.37. The van der Waals surface area contributed by atoms with Gasteiger partial charge in [-0.1, -0.05) is 12.1 Å². The van der Waals surface area contributed by atoms with Gasteiger partial charge in [-0.3, -0.25) is 4.79 Å². The first kappa shape index (κ1) is 19.9. The second kappa shape index (κ2) is 9.89. The number of amides is 2. The van der Waals surface area contributed by atoms with Crippen LogP contribution in [0.15, 0.2) is 24.3 Å². The first-order valence-electron chi connectivity index (χ1n) is 9.11. The molecule has 0 saturated carbocycles. The van der Waals surface area contributed by atoms with E-state index >= 15 is 0 Å². The van der Waals surface area contributed by atoms with E-state index < -0.39 is 0 Å². The number of esters is 1. The first-order valence-corrected chi connectivity index (χ1v) is 9.11. The molecule has 1 heterocycles. The Morgan fingerprint density at radius 2 is 2.12 bits per heavy atom. The molecule has 1 aliphatic heterocycles. The molecule has 2 rings (SSSR count). The van der Waals surface area contributed by atoms with E-state index in [1.807, 2.05) is 18.2 Å². The molecule has 2 amide bonds. The Balaban J connectivity index is 1.76. The van der Waals surface area contributed by atoms with Gasteiger partial charge in [0.25, 0.3) is 0 Å². The van der Waals surface area contributed by atoms with E-state index in [-0.39, 0.29) is 18.1 Å². The second-order valence-electron chi connectivity index (χ2n) is 6.39. The third-order valence-electron chi connectivity index (χ3n) is 4.44. The summed E-state index contributed by atoms with van der Waals surface area (Å²) in [7, 11) is 3.15. The molecular weight excluding hydrogens is 334 g/mol.